The van der Waals surface area contributed by atoms with E-state index < -0.39 is 0 Å². The molecule has 0 saturated carbocycles. The van der Waals surface area contributed by atoms with Crippen molar-refractivity contribution in [3.05, 3.63) is 30.4 Å². The number of rotatable bonds is 8. The highest BCUT2D eigenvalue weighted by Crippen LogP contribution is 2.38. The highest BCUT2D eigenvalue weighted by Gasteiger charge is 2.15. The summed E-state index contributed by atoms with van der Waals surface area (Å²) in [6.45, 7) is 3.78. The van der Waals surface area contributed by atoms with Crippen LogP contribution in [-0.4, -0.2) is 34.4 Å². The molecule has 0 aliphatic heterocycles. The minimum Gasteiger partial charge on any atom is -0.493 e. The molecule has 0 bridgehead atoms. The molecule has 1 aromatic carbocycles. The van der Waals surface area contributed by atoms with Gasteiger partial charge in [-0.2, -0.15) is 0 Å². The van der Waals surface area contributed by atoms with E-state index in [0.29, 0.717) is 23.3 Å². The summed E-state index contributed by atoms with van der Waals surface area (Å²) in [7, 11) is 6.81. The zero-order chi connectivity index (χ0) is 14.3. The predicted octanol–water partition coefficient (Wildman–Crippen LogP) is 2.42. The molecule has 0 saturated heterocycles. The summed E-state index contributed by atoms with van der Waals surface area (Å²) in [6, 6.07) is 4.31. The normalized spacial score (nSPS) is 11.8. The predicted molar refractivity (Wildman–Crippen MR) is 77.5 cm³/mol. The topological polar surface area (TPSA) is 39.7 Å². The van der Waals surface area contributed by atoms with Gasteiger partial charge in [0.25, 0.3) is 0 Å². The standard InChI is InChI=1S/C15H23NO3/c1-6-7-12(16-2)8-11-9-13(17-3)15(19-5)14(10-11)18-4/h6,9-10,12,16H,1,7-8H2,2-5H3/t12-/m1/s1. The molecule has 1 atom stereocenters. The number of likely N-dealkylation sites (N-methyl/N-ethyl adjacent to an activating group) is 1. The molecule has 0 unspecified atom stereocenters. The largest absolute Gasteiger partial charge is 0.493 e. The van der Waals surface area contributed by atoms with Crippen molar-refractivity contribution in [3.8, 4) is 17.2 Å². The van der Waals surface area contributed by atoms with Gasteiger partial charge >= 0.3 is 0 Å². The van der Waals surface area contributed by atoms with Crippen LogP contribution in [0, 0.1) is 0 Å². The van der Waals surface area contributed by atoms with Gasteiger partial charge in [-0.3, -0.25) is 0 Å². The van der Waals surface area contributed by atoms with Crippen molar-refractivity contribution in [3.63, 3.8) is 0 Å². The molecule has 0 fully saturated rings. The van der Waals surface area contributed by atoms with Gasteiger partial charge < -0.3 is 19.5 Å². The first-order valence-electron chi connectivity index (χ1n) is 6.27. The van der Waals surface area contributed by atoms with Gasteiger partial charge in [-0.1, -0.05) is 6.08 Å². The fourth-order valence-corrected chi connectivity index (χ4v) is 2.04. The molecule has 19 heavy (non-hydrogen) atoms. The Bertz CT molecular complexity index is 393. The van der Waals surface area contributed by atoms with Crippen LogP contribution in [0.15, 0.2) is 24.8 Å². The van der Waals surface area contributed by atoms with Gasteiger partial charge in [-0.25, -0.2) is 0 Å². The zero-order valence-electron chi connectivity index (χ0n) is 12.2. The van der Waals surface area contributed by atoms with Gasteiger partial charge in [0.05, 0.1) is 21.3 Å². The van der Waals surface area contributed by atoms with Crippen molar-refractivity contribution in [2.45, 2.75) is 18.9 Å². The highest BCUT2D eigenvalue weighted by atomic mass is 16.5. The molecule has 1 N–H and O–H groups in total. The smallest absolute Gasteiger partial charge is 0.203 e. The van der Waals surface area contributed by atoms with Crippen LogP contribution in [0.5, 0.6) is 17.2 Å². The Kier molecular flexibility index (Phi) is 6.22. The van der Waals surface area contributed by atoms with E-state index in [1.807, 2.05) is 25.3 Å². The van der Waals surface area contributed by atoms with Crippen molar-refractivity contribution in [2.24, 2.45) is 0 Å². The summed E-state index contributed by atoms with van der Waals surface area (Å²) in [5.74, 6) is 1.99. The fraction of sp³-hybridized carbons (Fsp3) is 0.467. The number of ether oxygens (including phenoxy) is 3. The zero-order valence-corrected chi connectivity index (χ0v) is 12.2. The number of benzene rings is 1. The fourth-order valence-electron chi connectivity index (χ4n) is 2.04. The maximum atomic E-state index is 5.35. The third-order valence-corrected chi connectivity index (χ3v) is 3.07. The van der Waals surface area contributed by atoms with Gasteiger partial charge in [-0.15, -0.1) is 6.58 Å². The maximum absolute atomic E-state index is 5.35. The van der Waals surface area contributed by atoms with Crippen LogP contribution in [0.2, 0.25) is 0 Å². The molecule has 106 valence electrons. The van der Waals surface area contributed by atoms with E-state index >= 15 is 0 Å². The average molecular weight is 265 g/mol. The van der Waals surface area contributed by atoms with Crippen molar-refractivity contribution >= 4 is 0 Å². The molecule has 0 radical (unpaired) electrons. The van der Waals surface area contributed by atoms with Crippen molar-refractivity contribution < 1.29 is 14.2 Å². The van der Waals surface area contributed by atoms with Gasteiger partial charge in [0, 0.05) is 6.04 Å². The van der Waals surface area contributed by atoms with Crippen LogP contribution >= 0.6 is 0 Å². The molecule has 0 heterocycles. The summed E-state index contributed by atoms with van der Waals surface area (Å²) in [4.78, 5) is 0. The third kappa shape index (κ3) is 3.89. The number of hydrogen-bond donors (Lipinski definition) is 1. The quantitative estimate of drug-likeness (QED) is 0.733. The molecule has 0 aliphatic carbocycles. The Labute approximate surface area is 115 Å². The Balaban J connectivity index is 3.04. The van der Waals surface area contributed by atoms with Crippen molar-refractivity contribution in [1.29, 1.82) is 0 Å². The molecule has 1 aromatic rings. The van der Waals surface area contributed by atoms with Crippen LogP contribution in [0.1, 0.15) is 12.0 Å². The minimum absolute atomic E-state index is 0.348. The summed E-state index contributed by atoms with van der Waals surface area (Å²) in [6.07, 6.45) is 3.70. The van der Waals surface area contributed by atoms with Crippen LogP contribution < -0.4 is 19.5 Å². The maximum Gasteiger partial charge on any atom is 0.203 e. The van der Waals surface area contributed by atoms with Crippen molar-refractivity contribution in [2.75, 3.05) is 28.4 Å². The molecular formula is C15H23NO3. The SMILES string of the molecule is C=CC[C@H](Cc1cc(OC)c(OC)c(OC)c1)NC. The van der Waals surface area contributed by atoms with Gasteiger partial charge in [0.15, 0.2) is 11.5 Å². The summed E-state index contributed by atoms with van der Waals surface area (Å²) in [5, 5.41) is 3.27. The van der Waals surface area contributed by atoms with Crippen LogP contribution in [0.4, 0.5) is 0 Å². The molecule has 4 heteroatoms. The molecular weight excluding hydrogens is 242 g/mol. The van der Waals surface area contributed by atoms with E-state index in [4.69, 9.17) is 14.2 Å². The molecule has 0 aliphatic rings. The number of nitrogens with one attached hydrogen (secondary N) is 1. The van der Waals surface area contributed by atoms with Crippen LogP contribution in [0.25, 0.3) is 0 Å². The number of methoxy groups -OCH3 is 3. The Morgan fingerprint density at radius 2 is 1.74 bits per heavy atom. The first-order valence-corrected chi connectivity index (χ1v) is 6.27. The Morgan fingerprint density at radius 3 is 2.11 bits per heavy atom. The monoisotopic (exact) mass is 265 g/mol. The molecule has 0 aromatic heterocycles. The molecule has 0 amide bonds. The molecule has 1 rings (SSSR count). The first-order chi connectivity index (χ1) is 9.19. The van der Waals surface area contributed by atoms with E-state index in [0.717, 1.165) is 18.4 Å². The van der Waals surface area contributed by atoms with Crippen molar-refractivity contribution in [1.82, 2.24) is 5.32 Å². The first kappa shape index (κ1) is 15.4. The summed E-state index contributed by atoms with van der Waals surface area (Å²) >= 11 is 0. The average Bonchev–Trinajstić information content (AvgIpc) is 2.45. The lowest BCUT2D eigenvalue weighted by Gasteiger charge is -2.17. The van der Waals surface area contributed by atoms with Gasteiger partial charge in [0.2, 0.25) is 5.75 Å². The second-order valence-electron chi connectivity index (χ2n) is 4.25. The second kappa shape index (κ2) is 7.69. The molecule has 4 nitrogen and oxygen atoms in total. The minimum atomic E-state index is 0.348. The van der Waals surface area contributed by atoms with Gasteiger partial charge in [-0.05, 0) is 37.6 Å². The second-order valence-corrected chi connectivity index (χ2v) is 4.25. The van der Waals surface area contributed by atoms with E-state index in [-0.39, 0.29) is 0 Å². The molecule has 0 spiro atoms. The summed E-state index contributed by atoms with van der Waals surface area (Å²) in [5.41, 5.74) is 1.13. The lowest BCUT2D eigenvalue weighted by molar-refractivity contribution is 0.323. The van der Waals surface area contributed by atoms with E-state index in [1.165, 1.54) is 0 Å². The lowest BCUT2D eigenvalue weighted by Crippen LogP contribution is -2.26. The highest BCUT2D eigenvalue weighted by molar-refractivity contribution is 5.54. The van der Waals surface area contributed by atoms with Crippen LogP contribution in [0.3, 0.4) is 0 Å². The van der Waals surface area contributed by atoms with Gasteiger partial charge in [0.1, 0.15) is 0 Å². The van der Waals surface area contributed by atoms with E-state index in [1.54, 1.807) is 21.3 Å². The van der Waals surface area contributed by atoms with E-state index in [9.17, 15) is 0 Å². The Morgan fingerprint density at radius 1 is 1.16 bits per heavy atom. The number of hydrogen-bond acceptors (Lipinski definition) is 4. The Hall–Kier alpha value is -1.68. The lowest BCUT2D eigenvalue weighted by atomic mass is 10.0. The van der Waals surface area contributed by atoms with E-state index in [2.05, 4.69) is 11.9 Å². The third-order valence-electron chi connectivity index (χ3n) is 3.07. The van der Waals surface area contributed by atoms with Crippen LogP contribution in [-0.2, 0) is 6.42 Å². The summed E-state index contributed by atoms with van der Waals surface area (Å²) < 4.78 is 16.0.